The van der Waals surface area contributed by atoms with Crippen LogP contribution < -0.4 is 10.8 Å². The Kier molecular flexibility index (Phi) is 6.49. The lowest BCUT2D eigenvalue weighted by Crippen LogP contribution is -2.43. The van der Waals surface area contributed by atoms with Crippen molar-refractivity contribution >= 4 is 12.1 Å². The van der Waals surface area contributed by atoms with Crippen LogP contribution in [-0.4, -0.2) is 29.8 Å². The molecule has 0 saturated heterocycles. The van der Waals surface area contributed by atoms with Crippen LogP contribution in [-0.2, 0) is 9.63 Å². The second kappa shape index (κ2) is 8.36. The summed E-state index contributed by atoms with van der Waals surface area (Å²) in [4.78, 5) is 28.0. The molecule has 6 nitrogen and oxygen atoms in total. The van der Waals surface area contributed by atoms with Crippen LogP contribution in [0.2, 0.25) is 0 Å². The maximum atomic E-state index is 11.8. The van der Waals surface area contributed by atoms with E-state index in [1.54, 1.807) is 0 Å². The SMILES string of the molecule is O=C(O)CC1(CNC(=O)ONC2CCCCC2)CCCCC1. The normalized spacial score (nSPS) is 22.0. The highest BCUT2D eigenvalue weighted by molar-refractivity contribution is 5.69. The van der Waals surface area contributed by atoms with Gasteiger partial charge in [-0.1, -0.05) is 38.5 Å². The third-order valence-electron chi connectivity index (χ3n) is 4.97. The van der Waals surface area contributed by atoms with E-state index in [9.17, 15) is 9.59 Å². The summed E-state index contributed by atoms with van der Waals surface area (Å²) >= 11 is 0. The number of nitrogens with one attached hydrogen (secondary N) is 2. The van der Waals surface area contributed by atoms with Gasteiger partial charge >= 0.3 is 12.1 Å². The van der Waals surface area contributed by atoms with Crippen molar-refractivity contribution in [3.05, 3.63) is 0 Å². The summed E-state index contributed by atoms with van der Waals surface area (Å²) in [5.41, 5.74) is 2.52. The fraction of sp³-hybridized carbons (Fsp3) is 0.875. The zero-order valence-corrected chi connectivity index (χ0v) is 13.2. The van der Waals surface area contributed by atoms with Crippen LogP contribution in [0.4, 0.5) is 4.79 Å². The first-order valence-corrected chi connectivity index (χ1v) is 8.52. The van der Waals surface area contributed by atoms with E-state index in [0.717, 1.165) is 44.9 Å². The lowest BCUT2D eigenvalue weighted by atomic mass is 9.72. The summed E-state index contributed by atoms with van der Waals surface area (Å²) in [7, 11) is 0. The third-order valence-corrected chi connectivity index (χ3v) is 4.97. The highest BCUT2D eigenvalue weighted by Crippen LogP contribution is 2.38. The first-order valence-electron chi connectivity index (χ1n) is 8.52. The molecule has 0 bridgehead atoms. The summed E-state index contributed by atoms with van der Waals surface area (Å²) in [6.07, 6.45) is 10.2. The predicted molar refractivity (Wildman–Crippen MR) is 82.3 cm³/mol. The Morgan fingerprint density at radius 1 is 1.05 bits per heavy atom. The van der Waals surface area contributed by atoms with Crippen LogP contribution in [0.1, 0.15) is 70.6 Å². The largest absolute Gasteiger partial charge is 0.481 e. The molecular weight excluding hydrogens is 284 g/mol. The number of hydroxylamine groups is 1. The Bertz CT molecular complexity index is 374. The molecule has 2 rings (SSSR count). The number of carboxylic acid groups (broad SMARTS) is 1. The number of amides is 1. The molecule has 2 aliphatic rings. The quantitative estimate of drug-likeness (QED) is 0.656. The number of hydrogen-bond acceptors (Lipinski definition) is 4. The van der Waals surface area contributed by atoms with E-state index in [2.05, 4.69) is 10.8 Å². The van der Waals surface area contributed by atoms with Crippen LogP contribution in [0.15, 0.2) is 0 Å². The molecule has 0 heterocycles. The molecule has 3 N–H and O–H groups in total. The van der Waals surface area contributed by atoms with Crippen molar-refractivity contribution in [1.29, 1.82) is 0 Å². The van der Waals surface area contributed by atoms with Crippen LogP contribution >= 0.6 is 0 Å². The zero-order valence-electron chi connectivity index (χ0n) is 13.2. The molecule has 0 radical (unpaired) electrons. The molecule has 126 valence electrons. The van der Waals surface area contributed by atoms with Crippen molar-refractivity contribution in [2.75, 3.05) is 6.54 Å². The van der Waals surface area contributed by atoms with Gasteiger partial charge in [-0.3, -0.25) is 4.79 Å². The Morgan fingerprint density at radius 3 is 2.32 bits per heavy atom. The molecule has 0 unspecified atom stereocenters. The van der Waals surface area contributed by atoms with Crippen molar-refractivity contribution < 1.29 is 19.5 Å². The average molecular weight is 312 g/mol. The summed E-state index contributed by atoms with van der Waals surface area (Å²) in [6.45, 7) is 0.379. The minimum atomic E-state index is -0.794. The second-order valence-corrected chi connectivity index (χ2v) is 6.83. The number of aliphatic carboxylic acids is 1. The van der Waals surface area contributed by atoms with E-state index in [1.165, 1.54) is 19.3 Å². The van der Waals surface area contributed by atoms with Gasteiger partial charge in [-0.25, -0.2) is 4.79 Å². The number of hydrogen-bond donors (Lipinski definition) is 3. The maximum Gasteiger partial charge on any atom is 0.426 e. The van der Waals surface area contributed by atoms with Crippen molar-refractivity contribution in [2.45, 2.75) is 76.7 Å². The Hall–Kier alpha value is -1.30. The van der Waals surface area contributed by atoms with Gasteiger partial charge in [-0.15, -0.1) is 5.48 Å². The van der Waals surface area contributed by atoms with Crippen LogP contribution in [0.5, 0.6) is 0 Å². The number of carboxylic acids is 1. The predicted octanol–water partition coefficient (Wildman–Crippen LogP) is 2.98. The van der Waals surface area contributed by atoms with E-state index in [4.69, 9.17) is 9.94 Å². The summed E-state index contributed by atoms with van der Waals surface area (Å²) in [5.74, 6) is -0.794. The molecule has 22 heavy (non-hydrogen) atoms. The van der Waals surface area contributed by atoms with E-state index >= 15 is 0 Å². The molecule has 0 atom stereocenters. The number of rotatable bonds is 6. The molecule has 0 spiro atoms. The third kappa shape index (κ3) is 5.48. The summed E-state index contributed by atoms with van der Waals surface area (Å²) in [5, 5.41) is 11.9. The van der Waals surface area contributed by atoms with Crippen molar-refractivity contribution in [1.82, 2.24) is 10.8 Å². The zero-order chi connectivity index (χ0) is 15.8. The molecule has 1 amide bonds. The van der Waals surface area contributed by atoms with Crippen LogP contribution in [0, 0.1) is 5.41 Å². The van der Waals surface area contributed by atoms with Gasteiger partial charge in [0.15, 0.2) is 0 Å². The molecule has 2 aliphatic carbocycles. The van der Waals surface area contributed by atoms with E-state index in [1.807, 2.05) is 0 Å². The molecule has 0 aromatic carbocycles. The van der Waals surface area contributed by atoms with Gasteiger partial charge in [0.25, 0.3) is 0 Å². The first-order chi connectivity index (χ1) is 10.6. The molecule has 0 aromatic rings. The minimum absolute atomic E-state index is 0.114. The fourth-order valence-corrected chi connectivity index (χ4v) is 3.69. The number of carbonyl (C=O) groups excluding carboxylic acids is 1. The number of carbonyl (C=O) groups is 2. The van der Waals surface area contributed by atoms with Crippen molar-refractivity contribution in [2.24, 2.45) is 5.41 Å². The molecular formula is C16H28N2O4. The lowest BCUT2D eigenvalue weighted by Gasteiger charge is -2.36. The van der Waals surface area contributed by atoms with Crippen molar-refractivity contribution in [3.8, 4) is 0 Å². The van der Waals surface area contributed by atoms with E-state index in [-0.39, 0.29) is 17.9 Å². The van der Waals surface area contributed by atoms with E-state index in [0.29, 0.717) is 6.54 Å². The molecule has 0 aliphatic heterocycles. The standard InChI is InChI=1S/C16H28N2O4/c19-14(20)11-16(9-5-2-6-10-16)12-17-15(21)22-18-13-7-3-1-4-8-13/h13,18H,1-12H2,(H,17,21)(H,19,20). The maximum absolute atomic E-state index is 11.8. The molecule has 0 aromatic heterocycles. The van der Waals surface area contributed by atoms with Gasteiger partial charge in [0.1, 0.15) is 0 Å². The Balaban J connectivity index is 1.73. The molecule has 6 heteroatoms. The first kappa shape index (κ1) is 17.1. The lowest BCUT2D eigenvalue weighted by molar-refractivity contribution is -0.140. The van der Waals surface area contributed by atoms with Gasteiger partial charge in [0, 0.05) is 12.6 Å². The monoisotopic (exact) mass is 312 g/mol. The van der Waals surface area contributed by atoms with Gasteiger partial charge in [0.2, 0.25) is 0 Å². The van der Waals surface area contributed by atoms with Gasteiger partial charge in [-0.2, -0.15) is 0 Å². The summed E-state index contributed by atoms with van der Waals surface area (Å²) < 4.78 is 0. The van der Waals surface area contributed by atoms with Crippen molar-refractivity contribution in [3.63, 3.8) is 0 Å². The van der Waals surface area contributed by atoms with Crippen LogP contribution in [0.3, 0.4) is 0 Å². The molecule has 2 fully saturated rings. The average Bonchev–Trinajstić information content (AvgIpc) is 2.52. The topological polar surface area (TPSA) is 87.7 Å². The fourth-order valence-electron chi connectivity index (χ4n) is 3.69. The highest BCUT2D eigenvalue weighted by Gasteiger charge is 2.35. The minimum Gasteiger partial charge on any atom is -0.481 e. The van der Waals surface area contributed by atoms with Gasteiger partial charge < -0.3 is 15.3 Å². The molecule has 2 saturated carbocycles. The Morgan fingerprint density at radius 2 is 1.68 bits per heavy atom. The smallest absolute Gasteiger partial charge is 0.426 e. The highest BCUT2D eigenvalue weighted by atomic mass is 16.7. The van der Waals surface area contributed by atoms with Crippen LogP contribution in [0.25, 0.3) is 0 Å². The Labute approximate surface area is 131 Å². The second-order valence-electron chi connectivity index (χ2n) is 6.83. The van der Waals surface area contributed by atoms with E-state index < -0.39 is 12.1 Å². The van der Waals surface area contributed by atoms with Gasteiger partial charge in [0.05, 0.1) is 6.42 Å². The van der Waals surface area contributed by atoms with Gasteiger partial charge in [-0.05, 0) is 31.1 Å². The summed E-state index contributed by atoms with van der Waals surface area (Å²) in [6, 6.07) is 0.252.